The van der Waals surface area contributed by atoms with Crippen LogP contribution >= 0.6 is 0 Å². The smallest absolute Gasteiger partial charge is 0.321 e. The van der Waals surface area contributed by atoms with E-state index in [1.165, 1.54) is 6.92 Å². The van der Waals surface area contributed by atoms with E-state index in [0.717, 1.165) is 32.6 Å². The van der Waals surface area contributed by atoms with E-state index in [-0.39, 0.29) is 5.97 Å². The lowest BCUT2D eigenvalue weighted by atomic mass is 10.0. The molecule has 0 spiro atoms. The second-order valence-electron chi connectivity index (χ2n) is 3.00. The Morgan fingerprint density at radius 1 is 1.58 bits per heavy atom. The molecule has 0 bridgehead atoms. The van der Waals surface area contributed by atoms with Crippen molar-refractivity contribution in [2.24, 2.45) is 5.92 Å². The molecule has 12 heavy (non-hydrogen) atoms. The minimum absolute atomic E-state index is 0.290. The maximum Gasteiger partial charge on any atom is 0.321 e. The number of rotatable bonds is 3. The number of hydroxylamine groups is 1. The van der Waals surface area contributed by atoms with Gasteiger partial charge in [0, 0.05) is 26.7 Å². The second kappa shape index (κ2) is 5.11. The van der Waals surface area contributed by atoms with Crippen LogP contribution in [0.2, 0.25) is 0 Å². The van der Waals surface area contributed by atoms with Crippen molar-refractivity contribution in [3.8, 4) is 0 Å². The highest BCUT2D eigenvalue weighted by atomic mass is 16.7. The van der Waals surface area contributed by atoms with Gasteiger partial charge in [0.15, 0.2) is 0 Å². The third-order valence-corrected chi connectivity index (χ3v) is 1.93. The lowest BCUT2D eigenvalue weighted by Crippen LogP contribution is -2.29. The molecule has 0 aromatic carbocycles. The molecular weight excluding hydrogens is 158 g/mol. The molecule has 1 fully saturated rings. The molecule has 0 amide bonds. The number of carbonyl (C=O) groups excluding carboxylic acids is 1. The maximum atomic E-state index is 10.4. The molecule has 1 heterocycles. The van der Waals surface area contributed by atoms with Gasteiger partial charge in [-0.3, -0.25) is 4.79 Å². The SMILES string of the molecule is CC(=O)ONCC1CCOCC1. The first-order valence-corrected chi connectivity index (χ1v) is 4.27. The number of hydrogen-bond acceptors (Lipinski definition) is 4. The maximum absolute atomic E-state index is 10.4. The molecule has 1 rings (SSSR count). The highest BCUT2D eigenvalue weighted by Crippen LogP contribution is 2.12. The van der Waals surface area contributed by atoms with Gasteiger partial charge in [-0.05, 0) is 18.8 Å². The topological polar surface area (TPSA) is 47.6 Å². The summed E-state index contributed by atoms with van der Waals surface area (Å²) in [5, 5.41) is 0. The summed E-state index contributed by atoms with van der Waals surface area (Å²) in [6, 6.07) is 0. The average molecular weight is 173 g/mol. The van der Waals surface area contributed by atoms with Crippen molar-refractivity contribution < 1.29 is 14.4 Å². The number of carbonyl (C=O) groups is 1. The summed E-state index contributed by atoms with van der Waals surface area (Å²) in [5.41, 5.74) is 2.65. The van der Waals surface area contributed by atoms with E-state index in [2.05, 4.69) is 10.3 Å². The van der Waals surface area contributed by atoms with Crippen molar-refractivity contribution in [1.29, 1.82) is 0 Å². The summed E-state index contributed by atoms with van der Waals surface area (Å²) in [6.45, 7) is 3.78. The average Bonchev–Trinajstić information content (AvgIpc) is 2.05. The zero-order valence-electron chi connectivity index (χ0n) is 7.34. The Bertz CT molecular complexity index is 143. The van der Waals surface area contributed by atoms with Crippen molar-refractivity contribution in [3.05, 3.63) is 0 Å². The van der Waals surface area contributed by atoms with Gasteiger partial charge in [-0.25, -0.2) is 0 Å². The quantitative estimate of drug-likeness (QED) is 0.631. The Morgan fingerprint density at radius 3 is 2.83 bits per heavy atom. The molecule has 0 saturated carbocycles. The monoisotopic (exact) mass is 173 g/mol. The molecule has 1 N–H and O–H groups in total. The molecule has 1 saturated heterocycles. The molecule has 1 aliphatic rings. The third kappa shape index (κ3) is 3.69. The summed E-state index contributed by atoms with van der Waals surface area (Å²) in [4.78, 5) is 15.0. The van der Waals surface area contributed by atoms with E-state index in [0.29, 0.717) is 5.92 Å². The van der Waals surface area contributed by atoms with Gasteiger partial charge in [0.25, 0.3) is 0 Å². The Labute approximate surface area is 72.2 Å². The van der Waals surface area contributed by atoms with Crippen molar-refractivity contribution in [2.45, 2.75) is 19.8 Å². The van der Waals surface area contributed by atoms with Crippen molar-refractivity contribution in [2.75, 3.05) is 19.8 Å². The van der Waals surface area contributed by atoms with Crippen LogP contribution in [0.25, 0.3) is 0 Å². The zero-order valence-corrected chi connectivity index (χ0v) is 7.34. The van der Waals surface area contributed by atoms with Crippen LogP contribution in [-0.2, 0) is 14.4 Å². The normalized spacial score (nSPS) is 19.1. The fourth-order valence-corrected chi connectivity index (χ4v) is 1.21. The molecule has 0 aliphatic carbocycles. The van der Waals surface area contributed by atoms with Crippen LogP contribution in [0.1, 0.15) is 19.8 Å². The van der Waals surface area contributed by atoms with E-state index in [1.54, 1.807) is 0 Å². The molecule has 0 radical (unpaired) electrons. The first-order valence-electron chi connectivity index (χ1n) is 4.27. The van der Waals surface area contributed by atoms with Gasteiger partial charge in [0.05, 0.1) is 0 Å². The van der Waals surface area contributed by atoms with Crippen LogP contribution in [-0.4, -0.2) is 25.7 Å². The minimum atomic E-state index is -0.290. The van der Waals surface area contributed by atoms with E-state index in [4.69, 9.17) is 4.74 Å². The van der Waals surface area contributed by atoms with Crippen LogP contribution in [0.15, 0.2) is 0 Å². The van der Waals surface area contributed by atoms with E-state index < -0.39 is 0 Å². The molecule has 4 heteroatoms. The van der Waals surface area contributed by atoms with Gasteiger partial charge in [-0.1, -0.05) is 0 Å². The van der Waals surface area contributed by atoms with Crippen LogP contribution in [0.3, 0.4) is 0 Å². The summed E-state index contributed by atoms with van der Waals surface area (Å²) >= 11 is 0. The van der Waals surface area contributed by atoms with Gasteiger partial charge < -0.3 is 9.57 Å². The largest absolute Gasteiger partial charge is 0.381 e. The Kier molecular flexibility index (Phi) is 4.04. The Morgan fingerprint density at radius 2 is 2.25 bits per heavy atom. The third-order valence-electron chi connectivity index (χ3n) is 1.93. The van der Waals surface area contributed by atoms with E-state index in [9.17, 15) is 4.79 Å². The summed E-state index contributed by atoms with van der Waals surface area (Å²) < 4.78 is 5.19. The van der Waals surface area contributed by atoms with Gasteiger partial charge in [0.2, 0.25) is 0 Å². The van der Waals surface area contributed by atoms with Crippen LogP contribution < -0.4 is 5.48 Å². The zero-order chi connectivity index (χ0) is 8.81. The molecule has 0 aromatic rings. The predicted molar refractivity (Wildman–Crippen MR) is 43.3 cm³/mol. The fraction of sp³-hybridized carbons (Fsp3) is 0.875. The molecule has 0 atom stereocenters. The van der Waals surface area contributed by atoms with Gasteiger partial charge in [-0.15, -0.1) is 0 Å². The highest BCUT2D eigenvalue weighted by molar-refractivity contribution is 5.65. The minimum Gasteiger partial charge on any atom is -0.381 e. The Balaban J connectivity index is 2.01. The fourth-order valence-electron chi connectivity index (χ4n) is 1.21. The summed E-state index contributed by atoms with van der Waals surface area (Å²) in [6.07, 6.45) is 2.10. The molecule has 70 valence electrons. The number of nitrogens with one attached hydrogen (secondary N) is 1. The molecule has 1 aliphatic heterocycles. The summed E-state index contributed by atoms with van der Waals surface area (Å²) in [5.74, 6) is 0.292. The van der Waals surface area contributed by atoms with Gasteiger partial charge in [0.1, 0.15) is 0 Å². The second-order valence-corrected chi connectivity index (χ2v) is 3.00. The Hall–Kier alpha value is -0.610. The highest BCUT2D eigenvalue weighted by Gasteiger charge is 2.13. The summed E-state index contributed by atoms with van der Waals surface area (Å²) in [7, 11) is 0. The van der Waals surface area contributed by atoms with Crippen LogP contribution in [0.5, 0.6) is 0 Å². The van der Waals surface area contributed by atoms with E-state index >= 15 is 0 Å². The standard InChI is InChI=1S/C8H15NO3/c1-7(10)12-9-6-8-2-4-11-5-3-8/h8-9H,2-6H2,1H3. The van der Waals surface area contributed by atoms with Crippen molar-refractivity contribution >= 4 is 5.97 Å². The molecule has 4 nitrogen and oxygen atoms in total. The number of ether oxygens (including phenoxy) is 1. The van der Waals surface area contributed by atoms with Crippen molar-refractivity contribution in [1.82, 2.24) is 5.48 Å². The van der Waals surface area contributed by atoms with Crippen molar-refractivity contribution in [3.63, 3.8) is 0 Å². The predicted octanol–water partition coefficient (Wildman–Crippen LogP) is 0.481. The lowest BCUT2D eigenvalue weighted by Gasteiger charge is -2.21. The molecular formula is C8H15NO3. The molecule has 0 unspecified atom stereocenters. The lowest BCUT2D eigenvalue weighted by molar-refractivity contribution is -0.149. The molecule has 0 aromatic heterocycles. The van der Waals surface area contributed by atoms with Crippen LogP contribution in [0.4, 0.5) is 0 Å². The van der Waals surface area contributed by atoms with Gasteiger partial charge in [-0.2, -0.15) is 5.48 Å². The van der Waals surface area contributed by atoms with Crippen LogP contribution in [0, 0.1) is 5.92 Å². The first-order chi connectivity index (χ1) is 5.79. The van der Waals surface area contributed by atoms with Gasteiger partial charge >= 0.3 is 5.97 Å². The number of hydrogen-bond donors (Lipinski definition) is 1. The first kappa shape index (κ1) is 9.48. The van der Waals surface area contributed by atoms with E-state index in [1.807, 2.05) is 0 Å².